The molecule has 0 bridgehead atoms. The largest absolute Gasteiger partial charge is 0.489 e. The van der Waals surface area contributed by atoms with Gasteiger partial charge in [0.05, 0.1) is 11.8 Å². The van der Waals surface area contributed by atoms with E-state index in [1.165, 1.54) is 0 Å². The third-order valence-corrected chi connectivity index (χ3v) is 4.03. The lowest BCUT2D eigenvalue weighted by atomic mass is 10.1. The van der Waals surface area contributed by atoms with Crippen LogP contribution in [-0.4, -0.2) is 5.78 Å². The molecule has 0 spiro atoms. The second-order valence-electron chi connectivity index (χ2n) is 5.53. The number of ketones is 1. The average molecular weight is 353 g/mol. The molecule has 25 heavy (non-hydrogen) atoms. The fraction of sp³-hybridized carbons (Fsp3) is 0.0500. The van der Waals surface area contributed by atoms with Gasteiger partial charge in [-0.3, -0.25) is 4.79 Å². The molecule has 4 nitrogen and oxygen atoms in total. The summed E-state index contributed by atoms with van der Waals surface area (Å²) in [5.74, 6) is 1.74. The Labute approximate surface area is 149 Å². The molecule has 0 radical (unpaired) electrons. The number of rotatable bonds is 4. The van der Waals surface area contributed by atoms with Crippen LogP contribution < -0.4 is 9.47 Å². The summed E-state index contributed by atoms with van der Waals surface area (Å²) in [5.41, 5.74) is 1.51. The van der Waals surface area contributed by atoms with Crippen molar-refractivity contribution in [2.24, 2.45) is 0 Å². The van der Waals surface area contributed by atoms with Crippen molar-refractivity contribution >= 4 is 23.5 Å². The zero-order chi connectivity index (χ0) is 17.2. The van der Waals surface area contributed by atoms with Gasteiger partial charge in [-0.25, -0.2) is 0 Å². The molecule has 5 heteroatoms. The topological polar surface area (TPSA) is 48.7 Å². The number of Topliss-reactive ketones (excluding diaryl/α,β-unsaturated/α-hetero) is 1. The number of hydrogen-bond acceptors (Lipinski definition) is 4. The summed E-state index contributed by atoms with van der Waals surface area (Å²) in [5, 5.41) is 0.684. The normalized spacial score (nSPS) is 14.4. The second-order valence-corrected chi connectivity index (χ2v) is 5.96. The first-order valence-electron chi connectivity index (χ1n) is 7.68. The van der Waals surface area contributed by atoms with E-state index in [9.17, 15) is 4.79 Å². The van der Waals surface area contributed by atoms with Crippen molar-refractivity contribution in [3.05, 3.63) is 88.5 Å². The van der Waals surface area contributed by atoms with Crippen LogP contribution in [-0.2, 0) is 6.61 Å². The van der Waals surface area contributed by atoms with Gasteiger partial charge in [-0.05, 0) is 42.0 Å². The number of hydrogen-bond donors (Lipinski definition) is 0. The number of fused-ring (bicyclic) bond motifs is 1. The Morgan fingerprint density at radius 1 is 1.08 bits per heavy atom. The third-order valence-electron chi connectivity index (χ3n) is 3.78. The Hall–Kier alpha value is -2.98. The molecule has 0 aliphatic carbocycles. The average Bonchev–Trinajstić information content (AvgIpc) is 3.23. The molecule has 1 aromatic heterocycles. The Kier molecular flexibility index (Phi) is 4.04. The molecule has 4 rings (SSSR count). The monoisotopic (exact) mass is 352 g/mol. The first kappa shape index (κ1) is 15.5. The van der Waals surface area contributed by atoms with Crippen LogP contribution in [0.4, 0.5) is 0 Å². The Morgan fingerprint density at radius 2 is 1.92 bits per heavy atom. The number of allylic oxidation sites excluding steroid dienone is 1. The van der Waals surface area contributed by atoms with E-state index >= 15 is 0 Å². The predicted molar refractivity (Wildman–Crippen MR) is 93.9 cm³/mol. The molecule has 3 aromatic rings. The summed E-state index contributed by atoms with van der Waals surface area (Å²) in [6.45, 7) is 0.402. The van der Waals surface area contributed by atoms with Crippen LogP contribution in [0.2, 0.25) is 5.02 Å². The fourth-order valence-corrected chi connectivity index (χ4v) is 2.63. The van der Waals surface area contributed by atoms with Crippen LogP contribution in [0.3, 0.4) is 0 Å². The number of carbonyl (C=O) groups is 1. The molecule has 0 fully saturated rings. The molecule has 0 atom stereocenters. The second kappa shape index (κ2) is 6.49. The van der Waals surface area contributed by atoms with E-state index in [0.717, 1.165) is 5.56 Å². The summed E-state index contributed by atoms with van der Waals surface area (Å²) >= 11 is 5.87. The minimum Gasteiger partial charge on any atom is -0.489 e. The van der Waals surface area contributed by atoms with Crippen molar-refractivity contribution in [3.8, 4) is 11.5 Å². The van der Waals surface area contributed by atoms with Crippen LogP contribution in [0.5, 0.6) is 11.5 Å². The molecule has 0 amide bonds. The standard InChI is InChI=1S/C20H13ClO4/c21-14-5-3-13(4-6-14)12-24-16-7-8-17-18(10-16)25-19(20(17)22)11-15-2-1-9-23-15/h1-11H,12H2/b19-11+. The maximum absolute atomic E-state index is 12.4. The van der Waals surface area contributed by atoms with Crippen molar-refractivity contribution in [1.29, 1.82) is 0 Å². The van der Waals surface area contributed by atoms with Gasteiger partial charge in [-0.1, -0.05) is 23.7 Å². The smallest absolute Gasteiger partial charge is 0.232 e. The van der Waals surface area contributed by atoms with Gasteiger partial charge < -0.3 is 13.9 Å². The SMILES string of the molecule is O=C1/C(=C\c2ccco2)Oc2cc(OCc3ccc(Cl)cc3)ccc21. The van der Waals surface area contributed by atoms with Crippen LogP contribution in [0.1, 0.15) is 21.7 Å². The van der Waals surface area contributed by atoms with Crippen LogP contribution in [0, 0.1) is 0 Å². The molecule has 1 aliphatic rings. The van der Waals surface area contributed by atoms with Gasteiger partial charge in [-0.15, -0.1) is 0 Å². The van der Waals surface area contributed by atoms with Crippen molar-refractivity contribution in [1.82, 2.24) is 0 Å². The summed E-state index contributed by atoms with van der Waals surface area (Å²) < 4.78 is 16.6. The first-order chi connectivity index (χ1) is 12.2. The lowest BCUT2D eigenvalue weighted by Gasteiger charge is -2.07. The number of furan rings is 1. The molecule has 0 saturated heterocycles. The van der Waals surface area contributed by atoms with E-state index in [4.69, 9.17) is 25.5 Å². The van der Waals surface area contributed by atoms with E-state index in [2.05, 4.69) is 0 Å². The van der Waals surface area contributed by atoms with Crippen molar-refractivity contribution in [2.75, 3.05) is 0 Å². The maximum atomic E-state index is 12.4. The number of ether oxygens (including phenoxy) is 2. The molecular weight excluding hydrogens is 340 g/mol. The lowest BCUT2D eigenvalue weighted by molar-refractivity contribution is 0.101. The maximum Gasteiger partial charge on any atom is 0.232 e. The molecule has 1 aliphatic heterocycles. The van der Waals surface area contributed by atoms with Gasteiger partial charge >= 0.3 is 0 Å². The summed E-state index contributed by atoms with van der Waals surface area (Å²) in [7, 11) is 0. The van der Waals surface area contributed by atoms with Gasteiger partial charge in [0, 0.05) is 17.2 Å². The van der Waals surface area contributed by atoms with Gasteiger partial charge in [0.1, 0.15) is 23.9 Å². The Bertz CT molecular complexity index is 940. The molecule has 124 valence electrons. The number of carbonyl (C=O) groups excluding carboxylic acids is 1. The number of benzene rings is 2. The van der Waals surface area contributed by atoms with Crippen molar-refractivity contribution in [2.45, 2.75) is 6.61 Å². The van der Waals surface area contributed by atoms with Gasteiger partial charge in [0.15, 0.2) is 5.76 Å². The minimum atomic E-state index is -0.171. The van der Waals surface area contributed by atoms with E-state index in [0.29, 0.717) is 34.5 Å². The molecule has 0 unspecified atom stereocenters. The van der Waals surface area contributed by atoms with Crippen molar-refractivity contribution < 1.29 is 18.7 Å². The summed E-state index contributed by atoms with van der Waals surface area (Å²) in [4.78, 5) is 12.4. The van der Waals surface area contributed by atoms with Crippen LogP contribution in [0.15, 0.2) is 71.0 Å². The lowest BCUT2D eigenvalue weighted by Crippen LogP contribution is -1.97. The highest BCUT2D eigenvalue weighted by molar-refractivity contribution is 6.30. The van der Waals surface area contributed by atoms with Gasteiger partial charge in [0.2, 0.25) is 5.78 Å². The fourth-order valence-electron chi connectivity index (χ4n) is 2.51. The zero-order valence-corrected chi connectivity index (χ0v) is 13.8. The third kappa shape index (κ3) is 3.30. The number of halogens is 1. The highest BCUT2D eigenvalue weighted by Gasteiger charge is 2.28. The summed E-state index contributed by atoms with van der Waals surface area (Å²) in [6.07, 6.45) is 3.12. The zero-order valence-electron chi connectivity index (χ0n) is 13.1. The Balaban J connectivity index is 1.50. The van der Waals surface area contributed by atoms with E-state index in [1.54, 1.807) is 42.7 Å². The minimum absolute atomic E-state index is 0.171. The van der Waals surface area contributed by atoms with Crippen LogP contribution >= 0.6 is 11.6 Å². The van der Waals surface area contributed by atoms with Crippen molar-refractivity contribution in [3.63, 3.8) is 0 Å². The van der Waals surface area contributed by atoms with Crippen LogP contribution in [0.25, 0.3) is 6.08 Å². The molecule has 2 aromatic carbocycles. The predicted octanol–water partition coefficient (Wildman–Crippen LogP) is 5.13. The molecule has 0 saturated carbocycles. The van der Waals surface area contributed by atoms with Gasteiger partial charge in [0.25, 0.3) is 0 Å². The Morgan fingerprint density at radius 3 is 2.68 bits per heavy atom. The molecule has 2 heterocycles. The molecule has 0 N–H and O–H groups in total. The van der Waals surface area contributed by atoms with E-state index in [1.807, 2.05) is 24.3 Å². The van der Waals surface area contributed by atoms with E-state index < -0.39 is 0 Å². The quantitative estimate of drug-likeness (QED) is 0.611. The molecular formula is C20H13ClO4. The summed E-state index contributed by atoms with van der Waals surface area (Å²) in [6, 6.07) is 16.1. The first-order valence-corrected chi connectivity index (χ1v) is 8.06. The van der Waals surface area contributed by atoms with E-state index in [-0.39, 0.29) is 11.5 Å². The highest BCUT2D eigenvalue weighted by Crippen LogP contribution is 2.35. The van der Waals surface area contributed by atoms with Gasteiger partial charge in [-0.2, -0.15) is 0 Å². The highest BCUT2D eigenvalue weighted by atomic mass is 35.5.